The molecule has 0 unspecified atom stereocenters. The minimum atomic E-state index is -4.45. The first-order chi connectivity index (χ1) is 10.4. The predicted octanol–water partition coefficient (Wildman–Crippen LogP) is 3.64. The van der Waals surface area contributed by atoms with Gasteiger partial charge in [-0.1, -0.05) is 17.7 Å². The maximum absolute atomic E-state index is 12.4. The van der Waals surface area contributed by atoms with E-state index in [2.05, 4.69) is 9.97 Å². The van der Waals surface area contributed by atoms with E-state index in [0.717, 1.165) is 12.3 Å². The van der Waals surface area contributed by atoms with Crippen molar-refractivity contribution in [1.29, 1.82) is 5.26 Å². The van der Waals surface area contributed by atoms with Crippen LogP contribution in [0.15, 0.2) is 30.5 Å². The van der Waals surface area contributed by atoms with Crippen LogP contribution < -0.4 is 4.74 Å². The van der Waals surface area contributed by atoms with Gasteiger partial charge >= 0.3 is 6.18 Å². The molecule has 0 aliphatic carbocycles. The first-order valence-corrected chi connectivity index (χ1v) is 6.49. The largest absolute Gasteiger partial charge is 0.493 e. The average Bonchev–Trinajstić information content (AvgIpc) is 2.46. The maximum Gasteiger partial charge on any atom is 0.433 e. The zero-order valence-electron chi connectivity index (χ0n) is 11.1. The summed E-state index contributed by atoms with van der Waals surface area (Å²) < 4.78 is 42.5. The van der Waals surface area contributed by atoms with Crippen LogP contribution in [0.1, 0.15) is 17.0 Å². The summed E-state index contributed by atoms with van der Waals surface area (Å²) in [4.78, 5) is 7.12. The topological polar surface area (TPSA) is 58.8 Å². The Bertz CT molecular complexity index is 696. The number of alkyl halides is 3. The van der Waals surface area contributed by atoms with Crippen molar-refractivity contribution in [3.8, 4) is 11.8 Å². The molecule has 0 aliphatic heterocycles. The molecular weight excluding hydrogens is 319 g/mol. The van der Waals surface area contributed by atoms with Gasteiger partial charge in [0.2, 0.25) is 0 Å². The highest BCUT2D eigenvalue weighted by molar-refractivity contribution is 6.29. The molecule has 0 bridgehead atoms. The number of hydrogen-bond acceptors (Lipinski definition) is 4. The number of nitrogens with zero attached hydrogens (tertiary/aromatic N) is 3. The Hall–Kier alpha value is -2.33. The van der Waals surface area contributed by atoms with Crippen molar-refractivity contribution in [3.63, 3.8) is 0 Å². The van der Waals surface area contributed by atoms with Gasteiger partial charge < -0.3 is 4.74 Å². The van der Waals surface area contributed by atoms with Crippen molar-refractivity contribution in [2.24, 2.45) is 0 Å². The van der Waals surface area contributed by atoms with Crippen LogP contribution in [0.3, 0.4) is 0 Å². The number of rotatable bonds is 4. The molecule has 0 atom stereocenters. The van der Waals surface area contributed by atoms with Gasteiger partial charge in [-0.3, -0.25) is 4.98 Å². The second kappa shape index (κ2) is 6.62. The molecule has 0 radical (unpaired) electrons. The summed E-state index contributed by atoms with van der Waals surface area (Å²) in [5.41, 5.74) is -0.205. The number of pyridine rings is 2. The lowest BCUT2D eigenvalue weighted by Crippen LogP contribution is -2.08. The third kappa shape index (κ3) is 4.33. The van der Waals surface area contributed by atoms with E-state index in [1.807, 2.05) is 6.07 Å². The zero-order valence-corrected chi connectivity index (χ0v) is 11.8. The minimum absolute atomic E-state index is 0.124. The molecule has 0 fully saturated rings. The Morgan fingerprint density at radius 1 is 1.27 bits per heavy atom. The molecule has 2 rings (SSSR count). The fraction of sp³-hybridized carbons (Fsp3) is 0.214. The van der Waals surface area contributed by atoms with Crippen LogP contribution in [0.4, 0.5) is 13.2 Å². The fourth-order valence-electron chi connectivity index (χ4n) is 1.64. The Balaban J connectivity index is 1.94. The number of hydrogen-bond donors (Lipinski definition) is 0. The Morgan fingerprint density at radius 2 is 2.05 bits per heavy atom. The molecule has 0 N–H and O–H groups in total. The van der Waals surface area contributed by atoms with E-state index in [1.165, 1.54) is 18.2 Å². The van der Waals surface area contributed by atoms with Crippen molar-refractivity contribution < 1.29 is 17.9 Å². The van der Waals surface area contributed by atoms with Crippen molar-refractivity contribution in [1.82, 2.24) is 9.97 Å². The molecule has 2 aromatic heterocycles. The second-order valence-electron chi connectivity index (χ2n) is 4.27. The summed E-state index contributed by atoms with van der Waals surface area (Å²) in [6, 6.07) is 6.99. The smallest absolute Gasteiger partial charge is 0.433 e. The molecule has 2 aromatic rings. The van der Waals surface area contributed by atoms with Crippen LogP contribution in [-0.2, 0) is 12.6 Å². The van der Waals surface area contributed by atoms with Crippen LogP contribution in [0, 0.1) is 11.3 Å². The average molecular weight is 328 g/mol. The van der Waals surface area contributed by atoms with Gasteiger partial charge in [0, 0.05) is 24.8 Å². The molecule has 2 heterocycles. The Kier molecular flexibility index (Phi) is 4.83. The second-order valence-corrected chi connectivity index (χ2v) is 4.66. The van der Waals surface area contributed by atoms with Gasteiger partial charge in [-0.05, 0) is 11.6 Å². The third-order valence-corrected chi connectivity index (χ3v) is 2.85. The van der Waals surface area contributed by atoms with Gasteiger partial charge in [-0.15, -0.1) is 0 Å². The first-order valence-electron chi connectivity index (χ1n) is 6.11. The summed E-state index contributed by atoms with van der Waals surface area (Å²) in [5.74, 6) is 0.372. The van der Waals surface area contributed by atoms with Crippen LogP contribution in [0.5, 0.6) is 5.75 Å². The van der Waals surface area contributed by atoms with E-state index in [-0.39, 0.29) is 17.5 Å². The Morgan fingerprint density at radius 3 is 2.64 bits per heavy atom. The van der Waals surface area contributed by atoms with E-state index < -0.39 is 11.9 Å². The summed E-state index contributed by atoms with van der Waals surface area (Å²) in [6.45, 7) is 0.207. The quantitative estimate of drug-likeness (QED) is 0.804. The van der Waals surface area contributed by atoms with Crippen LogP contribution >= 0.6 is 11.6 Å². The number of aromatic nitrogens is 2. The lowest BCUT2D eigenvalue weighted by atomic mass is 10.2. The first kappa shape index (κ1) is 16.0. The highest BCUT2D eigenvalue weighted by atomic mass is 35.5. The molecule has 0 spiro atoms. The van der Waals surface area contributed by atoms with Crippen LogP contribution in [-0.4, -0.2) is 16.6 Å². The zero-order chi connectivity index (χ0) is 16.2. The molecule has 114 valence electrons. The summed E-state index contributed by atoms with van der Waals surface area (Å²) >= 11 is 5.73. The standard InChI is InChI=1S/C14H9ClF3N3O/c15-13-6-11(5-10(7-19)21-13)22-4-3-9-1-2-12(20-8-9)14(16,17)18/h1-2,5-6,8H,3-4H2. The highest BCUT2D eigenvalue weighted by Crippen LogP contribution is 2.27. The molecule has 22 heavy (non-hydrogen) atoms. The molecule has 0 aliphatic rings. The molecule has 0 saturated carbocycles. The molecule has 0 aromatic carbocycles. The number of nitriles is 1. The van der Waals surface area contributed by atoms with Gasteiger partial charge in [0.25, 0.3) is 0 Å². The molecular formula is C14H9ClF3N3O. The fourth-order valence-corrected chi connectivity index (χ4v) is 1.84. The number of ether oxygens (including phenoxy) is 1. The van der Waals surface area contributed by atoms with E-state index in [9.17, 15) is 13.2 Å². The number of halogens is 4. The van der Waals surface area contributed by atoms with Gasteiger partial charge in [0.05, 0.1) is 6.61 Å². The van der Waals surface area contributed by atoms with Gasteiger partial charge in [0.1, 0.15) is 28.4 Å². The minimum Gasteiger partial charge on any atom is -0.493 e. The normalized spacial score (nSPS) is 11.0. The molecule has 8 heteroatoms. The van der Waals surface area contributed by atoms with E-state index in [0.29, 0.717) is 17.7 Å². The SMILES string of the molecule is N#Cc1cc(OCCc2ccc(C(F)(F)F)nc2)cc(Cl)n1. The summed E-state index contributed by atoms with van der Waals surface area (Å²) in [5, 5.41) is 8.88. The van der Waals surface area contributed by atoms with E-state index in [1.54, 1.807) is 0 Å². The van der Waals surface area contributed by atoms with Crippen LogP contribution in [0.25, 0.3) is 0 Å². The van der Waals surface area contributed by atoms with Crippen LogP contribution in [0.2, 0.25) is 5.15 Å². The van der Waals surface area contributed by atoms with Crippen molar-refractivity contribution in [3.05, 3.63) is 52.6 Å². The van der Waals surface area contributed by atoms with Gasteiger partial charge in [-0.2, -0.15) is 18.4 Å². The summed E-state index contributed by atoms with van der Waals surface area (Å²) in [7, 11) is 0. The van der Waals surface area contributed by atoms with E-state index >= 15 is 0 Å². The van der Waals surface area contributed by atoms with Gasteiger partial charge in [0.15, 0.2) is 0 Å². The molecule has 0 amide bonds. The van der Waals surface area contributed by atoms with Crippen molar-refractivity contribution >= 4 is 11.6 Å². The van der Waals surface area contributed by atoms with Crippen molar-refractivity contribution in [2.45, 2.75) is 12.6 Å². The lowest BCUT2D eigenvalue weighted by molar-refractivity contribution is -0.141. The monoisotopic (exact) mass is 327 g/mol. The molecule has 4 nitrogen and oxygen atoms in total. The van der Waals surface area contributed by atoms with Gasteiger partial charge in [-0.25, -0.2) is 4.98 Å². The highest BCUT2D eigenvalue weighted by Gasteiger charge is 2.31. The molecule has 0 saturated heterocycles. The third-order valence-electron chi connectivity index (χ3n) is 2.66. The Labute approximate surface area is 129 Å². The maximum atomic E-state index is 12.4. The van der Waals surface area contributed by atoms with E-state index in [4.69, 9.17) is 21.6 Å². The van der Waals surface area contributed by atoms with Crippen molar-refractivity contribution in [2.75, 3.05) is 6.61 Å². The summed E-state index contributed by atoms with van der Waals surface area (Å²) in [6.07, 6.45) is -2.92. The lowest BCUT2D eigenvalue weighted by Gasteiger charge is -2.08. The predicted molar refractivity (Wildman–Crippen MR) is 72.4 cm³/mol.